The van der Waals surface area contributed by atoms with Gasteiger partial charge in [0.1, 0.15) is 0 Å². The van der Waals surface area contributed by atoms with Crippen LogP contribution in [0.5, 0.6) is 0 Å². The summed E-state index contributed by atoms with van der Waals surface area (Å²) in [4.78, 5) is 26.1. The number of halogens is 4. The lowest BCUT2D eigenvalue weighted by Crippen LogP contribution is -2.35. The Labute approximate surface area is 117 Å². The molecule has 1 aromatic rings. The van der Waals surface area contributed by atoms with Crippen molar-refractivity contribution in [3.8, 4) is 0 Å². The number of carbonyl (C=O) groups excluding carboxylic acids is 2. The van der Waals surface area contributed by atoms with Gasteiger partial charge >= 0.3 is 0 Å². The highest BCUT2D eigenvalue weighted by Gasteiger charge is 2.28. The smallest absolute Gasteiger partial charge is 0.257 e. The van der Waals surface area contributed by atoms with Gasteiger partial charge in [-0.2, -0.15) is 0 Å². The van der Waals surface area contributed by atoms with Crippen LogP contribution in [0.3, 0.4) is 0 Å². The Balaban J connectivity index is 2.30. The van der Waals surface area contributed by atoms with Crippen molar-refractivity contribution in [3.05, 3.63) is 34.9 Å². The van der Waals surface area contributed by atoms with Gasteiger partial charge in [0.25, 0.3) is 5.91 Å². The quantitative estimate of drug-likeness (QED) is 0.449. The summed E-state index contributed by atoms with van der Waals surface area (Å²) in [6.07, 6.45) is 0.0238. The Hall–Kier alpha value is -2.12. The van der Waals surface area contributed by atoms with Gasteiger partial charge in [0, 0.05) is 33.1 Å². The summed E-state index contributed by atoms with van der Waals surface area (Å²) in [6.45, 7) is 0.321. The molecule has 4 nitrogen and oxygen atoms in total. The first-order valence-corrected chi connectivity index (χ1v) is 6.19. The van der Waals surface area contributed by atoms with Crippen molar-refractivity contribution >= 4 is 11.8 Å². The van der Waals surface area contributed by atoms with E-state index in [9.17, 15) is 27.2 Å². The molecule has 0 N–H and O–H groups in total. The van der Waals surface area contributed by atoms with E-state index in [1.54, 1.807) is 7.05 Å². The number of amides is 2. The van der Waals surface area contributed by atoms with Gasteiger partial charge in [-0.1, -0.05) is 0 Å². The summed E-state index contributed by atoms with van der Waals surface area (Å²) >= 11 is 0. The van der Waals surface area contributed by atoms with E-state index in [1.165, 1.54) is 4.90 Å². The minimum atomic E-state index is -2.03. The van der Waals surface area contributed by atoms with Crippen molar-refractivity contribution in [3.63, 3.8) is 0 Å². The van der Waals surface area contributed by atoms with Gasteiger partial charge in [0.05, 0.1) is 5.56 Å². The molecule has 0 radical (unpaired) electrons. The van der Waals surface area contributed by atoms with Gasteiger partial charge in [0.15, 0.2) is 23.3 Å². The third-order valence-electron chi connectivity index (χ3n) is 3.35. The Kier molecular flexibility index (Phi) is 4.15. The summed E-state index contributed by atoms with van der Waals surface area (Å²) in [5.74, 6) is -8.53. The standard InChI is InChI=1S/C13H12F4N2O2/c1-18-4-5-19(3-2-9(18)20)13(21)7-6-8(14)11(16)12(17)10(7)15/h6H,2-5H2,1H3. The van der Waals surface area contributed by atoms with Crippen molar-refractivity contribution in [2.24, 2.45) is 0 Å². The molecule has 0 bridgehead atoms. The maximum atomic E-state index is 13.6. The molecule has 0 aliphatic carbocycles. The highest BCUT2D eigenvalue weighted by atomic mass is 19.2. The molecule has 1 heterocycles. The van der Waals surface area contributed by atoms with Gasteiger partial charge in [0.2, 0.25) is 5.91 Å². The zero-order chi connectivity index (χ0) is 15.7. The fraction of sp³-hybridized carbons (Fsp3) is 0.385. The molecule has 1 fully saturated rings. The highest BCUT2D eigenvalue weighted by molar-refractivity contribution is 5.95. The number of hydrogen-bond donors (Lipinski definition) is 0. The molecule has 2 rings (SSSR count). The van der Waals surface area contributed by atoms with E-state index in [2.05, 4.69) is 0 Å². The summed E-state index contributed by atoms with van der Waals surface area (Å²) < 4.78 is 52.8. The maximum Gasteiger partial charge on any atom is 0.257 e. The molecule has 2 amide bonds. The van der Waals surface area contributed by atoms with Crippen LogP contribution in [0.4, 0.5) is 17.6 Å². The van der Waals surface area contributed by atoms with Crippen LogP contribution >= 0.6 is 0 Å². The number of nitrogens with zero attached hydrogens (tertiary/aromatic N) is 2. The fourth-order valence-corrected chi connectivity index (χ4v) is 2.03. The molecule has 0 aromatic heterocycles. The first-order valence-electron chi connectivity index (χ1n) is 6.19. The van der Waals surface area contributed by atoms with Crippen LogP contribution in [0.25, 0.3) is 0 Å². The zero-order valence-electron chi connectivity index (χ0n) is 11.1. The van der Waals surface area contributed by atoms with Gasteiger partial charge in [-0.05, 0) is 6.07 Å². The van der Waals surface area contributed by atoms with E-state index in [4.69, 9.17) is 0 Å². The largest absolute Gasteiger partial charge is 0.344 e. The predicted molar refractivity (Wildman–Crippen MR) is 64.4 cm³/mol. The first-order chi connectivity index (χ1) is 9.82. The molecule has 0 atom stereocenters. The molecular formula is C13H12F4N2O2. The fourth-order valence-electron chi connectivity index (χ4n) is 2.03. The van der Waals surface area contributed by atoms with E-state index < -0.39 is 34.7 Å². The molecule has 21 heavy (non-hydrogen) atoms. The van der Waals surface area contributed by atoms with Crippen molar-refractivity contribution in [2.75, 3.05) is 26.7 Å². The summed E-state index contributed by atoms with van der Waals surface area (Å²) in [6, 6.07) is 0.326. The van der Waals surface area contributed by atoms with Crippen LogP contribution in [-0.2, 0) is 4.79 Å². The number of carbonyl (C=O) groups is 2. The second kappa shape index (κ2) is 5.71. The van der Waals surface area contributed by atoms with Crippen LogP contribution in [0, 0.1) is 23.3 Å². The lowest BCUT2D eigenvalue weighted by molar-refractivity contribution is -0.129. The monoisotopic (exact) mass is 304 g/mol. The molecular weight excluding hydrogens is 292 g/mol. The van der Waals surface area contributed by atoms with Gasteiger partial charge in [-0.3, -0.25) is 9.59 Å². The average Bonchev–Trinajstić information content (AvgIpc) is 2.63. The Bertz CT molecular complexity index is 606. The minimum Gasteiger partial charge on any atom is -0.344 e. The summed E-state index contributed by atoms with van der Waals surface area (Å²) in [5, 5.41) is 0. The van der Waals surface area contributed by atoms with E-state index >= 15 is 0 Å². The lowest BCUT2D eigenvalue weighted by Gasteiger charge is -2.20. The third kappa shape index (κ3) is 2.84. The van der Waals surface area contributed by atoms with Crippen molar-refractivity contribution in [1.82, 2.24) is 9.80 Å². The average molecular weight is 304 g/mol. The second-order valence-corrected chi connectivity index (χ2v) is 4.71. The van der Waals surface area contributed by atoms with Crippen molar-refractivity contribution in [2.45, 2.75) is 6.42 Å². The van der Waals surface area contributed by atoms with Gasteiger partial charge < -0.3 is 9.80 Å². The molecule has 0 spiro atoms. The zero-order valence-corrected chi connectivity index (χ0v) is 11.1. The SMILES string of the molecule is CN1CCN(C(=O)c2cc(F)c(F)c(F)c2F)CCC1=O. The molecule has 1 saturated heterocycles. The van der Waals surface area contributed by atoms with E-state index in [1.807, 2.05) is 0 Å². The number of hydrogen-bond acceptors (Lipinski definition) is 2. The predicted octanol–water partition coefficient (Wildman–Crippen LogP) is 1.55. The van der Waals surface area contributed by atoms with E-state index in [0.717, 1.165) is 4.90 Å². The number of likely N-dealkylation sites (N-methyl/N-ethyl adjacent to an activating group) is 1. The molecule has 1 aliphatic rings. The van der Waals surface area contributed by atoms with Crippen molar-refractivity contribution < 1.29 is 27.2 Å². The molecule has 8 heteroatoms. The second-order valence-electron chi connectivity index (χ2n) is 4.71. The van der Waals surface area contributed by atoms with E-state index in [0.29, 0.717) is 6.07 Å². The highest BCUT2D eigenvalue weighted by Crippen LogP contribution is 2.20. The topological polar surface area (TPSA) is 40.6 Å². The summed E-state index contributed by atoms with van der Waals surface area (Å²) in [5.41, 5.74) is -0.886. The number of benzene rings is 1. The minimum absolute atomic E-state index is 0.00204. The molecule has 114 valence electrons. The van der Waals surface area contributed by atoms with Crippen molar-refractivity contribution in [1.29, 1.82) is 0 Å². The summed E-state index contributed by atoms with van der Waals surface area (Å²) in [7, 11) is 1.55. The molecule has 0 unspecified atom stereocenters. The van der Waals surface area contributed by atoms with Gasteiger partial charge in [-0.15, -0.1) is 0 Å². The molecule has 0 saturated carbocycles. The van der Waals surface area contributed by atoms with Crippen LogP contribution in [-0.4, -0.2) is 48.3 Å². The Morgan fingerprint density at radius 1 is 1.05 bits per heavy atom. The van der Waals surface area contributed by atoms with Crippen LogP contribution in [0.2, 0.25) is 0 Å². The van der Waals surface area contributed by atoms with Crippen LogP contribution in [0.1, 0.15) is 16.8 Å². The third-order valence-corrected chi connectivity index (χ3v) is 3.35. The van der Waals surface area contributed by atoms with Crippen LogP contribution < -0.4 is 0 Å². The lowest BCUT2D eigenvalue weighted by atomic mass is 10.1. The van der Waals surface area contributed by atoms with Crippen LogP contribution in [0.15, 0.2) is 6.07 Å². The Morgan fingerprint density at radius 3 is 2.38 bits per heavy atom. The maximum absolute atomic E-state index is 13.6. The molecule has 1 aromatic carbocycles. The number of rotatable bonds is 1. The molecule has 1 aliphatic heterocycles. The van der Waals surface area contributed by atoms with E-state index in [-0.39, 0.29) is 32.0 Å². The first kappa shape index (κ1) is 15.3. The van der Waals surface area contributed by atoms with Gasteiger partial charge in [-0.25, -0.2) is 17.6 Å². The Morgan fingerprint density at radius 2 is 1.71 bits per heavy atom. The normalized spacial score (nSPS) is 16.1.